The van der Waals surface area contributed by atoms with Crippen LogP contribution < -0.4 is 14.8 Å². The zero-order valence-corrected chi connectivity index (χ0v) is 15.0. The minimum atomic E-state index is -0.673. The van der Waals surface area contributed by atoms with Crippen molar-refractivity contribution in [2.24, 2.45) is 0 Å². The van der Waals surface area contributed by atoms with Crippen LogP contribution in [-0.2, 0) is 11.2 Å². The number of amides is 1. The summed E-state index contributed by atoms with van der Waals surface area (Å²) in [6.45, 7) is 0.664. The molecule has 2 aromatic carbocycles. The maximum atomic E-state index is 13.6. The summed E-state index contributed by atoms with van der Waals surface area (Å²) >= 11 is 0. The van der Waals surface area contributed by atoms with Gasteiger partial charge in [-0.3, -0.25) is 9.69 Å². The van der Waals surface area contributed by atoms with Crippen molar-refractivity contribution in [3.63, 3.8) is 0 Å². The molecule has 140 valence electrons. The Morgan fingerprint density at radius 2 is 1.81 bits per heavy atom. The predicted octanol–water partition coefficient (Wildman–Crippen LogP) is 3.10. The number of carbonyl (C=O) groups excluding carboxylic acids is 1. The van der Waals surface area contributed by atoms with Crippen molar-refractivity contribution < 1.29 is 23.0 Å². The molecule has 0 saturated heterocycles. The van der Waals surface area contributed by atoms with Crippen LogP contribution in [0.15, 0.2) is 36.4 Å². The molecule has 0 fully saturated rings. The van der Waals surface area contributed by atoms with Crippen molar-refractivity contribution >= 4 is 11.6 Å². The minimum absolute atomic E-state index is 0.0588. The van der Waals surface area contributed by atoms with Crippen molar-refractivity contribution in [3.8, 4) is 11.5 Å². The Kier molecular flexibility index (Phi) is 6.91. The first-order chi connectivity index (χ1) is 12.4. The lowest BCUT2D eigenvalue weighted by atomic mass is 10.1. The first kappa shape index (κ1) is 19.7. The van der Waals surface area contributed by atoms with Gasteiger partial charge in [-0.05, 0) is 43.3 Å². The molecule has 0 unspecified atom stereocenters. The van der Waals surface area contributed by atoms with E-state index in [1.165, 1.54) is 0 Å². The third-order valence-electron chi connectivity index (χ3n) is 3.85. The highest BCUT2D eigenvalue weighted by atomic mass is 19.1. The molecule has 0 heterocycles. The van der Waals surface area contributed by atoms with Crippen LogP contribution in [0.1, 0.15) is 5.56 Å². The molecule has 0 aromatic heterocycles. The molecular formula is C19H22F2N2O3. The van der Waals surface area contributed by atoms with E-state index in [4.69, 9.17) is 9.47 Å². The number of anilines is 1. The molecule has 1 N–H and O–H groups in total. The monoisotopic (exact) mass is 364 g/mol. The summed E-state index contributed by atoms with van der Waals surface area (Å²) in [5.41, 5.74) is 0.870. The second-order valence-electron chi connectivity index (χ2n) is 5.85. The van der Waals surface area contributed by atoms with E-state index in [2.05, 4.69) is 5.32 Å². The van der Waals surface area contributed by atoms with Crippen LogP contribution >= 0.6 is 0 Å². The van der Waals surface area contributed by atoms with Gasteiger partial charge in [0.15, 0.2) is 11.5 Å². The molecule has 7 heteroatoms. The maximum absolute atomic E-state index is 13.6. The molecule has 1 amide bonds. The Bertz CT molecular complexity index is 768. The summed E-state index contributed by atoms with van der Waals surface area (Å²) in [5, 5.41) is 2.38. The summed E-state index contributed by atoms with van der Waals surface area (Å²) in [4.78, 5) is 13.8. The molecule has 5 nitrogen and oxygen atoms in total. The van der Waals surface area contributed by atoms with Gasteiger partial charge in [-0.1, -0.05) is 6.07 Å². The zero-order chi connectivity index (χ0) is 19.1. The molecule has 26 heavy (non-hydrogen) atoms. The lowest BCUT2D eigenvalue weighted by Crippen LogP contribution is -2.31. The van der Waals surface area contributed by atoms with Gasteiger partial charge in [0.25, 0.3) is 0 Å². The largest absolute Gasteiger partial charge is 0.493 e. The topological polar surface area (TPSA) is 50.8 Å². The SMILES string of the molecule is COc1ccc(CCN(C)CC(=O)Nc2cc(F)ccc2F)cc1OC. The maximum Gasteiger partial charge on any atom is 0.238 e. The van der Waals surface area contributed by atoms with E-state index in [9.17, 15) is 13.6 Å². The normalized spacial score (nSPS) is 10.7. The highest BCUT2D eigenvalue weighted by Gasteiger charge is 2.11. The summed E-state index contributed by atoms with van der Waals surface area (Å²) in [6, 6.07) is 8.57. The summed E-state index contributed by atoms with van der Waals surface area (Å²) in [6.07, 6.45) is 0.693. The number of hydrogen-bond acceptors (Lipinski definition) is 4. The first-order valence-corrected chi connectivity index (χ1v) is 8.07. The highest BCUT2D eigenvalue weighted by Crippen LogP contribution is 2.27. The molecule has 0 aliphatic heterocycles. The third kappa shape index (κ3) is 5.42. The molecule has 0 radical (unpaired) electrons. The molecule has 0 spiro atoms. The second-order valence-corrected chi connectivity index (χ2v) is 5.85. The van der Waals surface area contributed by atoms with Crippen LogP contribution in [0, 0.1) is 11.6 Å². The Balaban J connectivity index is 1.87. The van der Waals surface area contributed by atoms with E-state index < -0.39 is 17.5 Å². The molecular weight excluding hydrogens is 342 g/mol. The second kappa shape index (κ2) is 9.15. The number of halogens is 2. The number of nitrogens with zero attached hydrogens (tertiary/aromatic N) is 1. The van der Waals surface area contributed by atoms with E-state index in [1.807, 2.05) is 18.2 Å². The highest BCUT2D eigenvalue weighted by molar-refractivity contribution is 5.92. The third-order valence-corrected chi connectivity index (χ3v) is 3.85. The van der Waals surface area contributed by atoms with Crippen molar-refractivity contribution in [2.75, 3.05) is 39.7 Å². The van der Waals surface area contributed by atoms with E-state index in [0.717, 1.165) is 23.8 Å². The summed E-state index contributed by atoms with van der Waals surface area (Å²) < 4.78 is 37.2. The number of rotatable bonds is 8. The fourth-order valence-corrected chi connectivity index (χ4v) is 2.46. The summed E-state index contributed by atoms with van der Waals surface area (Å²) in [5.74, 6) is -0.395. The fraction of sp³-hybridized carbons (Fsp3) is 0.316. The Labute approximate surface area is 151 Å². The number of ether oxygens (including phenoxy) is 2. The number of likely N-dealkylation sites (N-methyl/N-ethyl adjacent to an activating group) is 1. The van der Waals surface area contributed by atoms with Gasteiger partial charge in [-0.25, -0.2) is 8.78 Å². The fourth-order valence-electron chi connectivity index (χ4n) is 2.46. The van der Waals surface area contributed by atoms with Crippen LogP contribution in [0.25, 0.3) is 0 Å². The lowest BCUT2D eigenvalue weighted by Gasteiger charge is -2.17. The smallest absolute Gasteiger partial charge is 0.238 e. The molecule has 0 saturated carbocycles. The number of methoxy groups -OCH3 is 2. The van der Waals surface area contributed by atoms with Crippen molar-refractivity contribution in [1.82, 2.24) is 4.90 Å². The van der Waals surface area contributed by atoms with Gasteiger partial charge in [0, 0.05) is 12.6 Å². The molecule has 0 bridgehead atoms. The molecule has 0 atom stereocenters. The van der Waals surface area contributed by atoms with Gasteiger partial charge in [0.05, 0.1) is 26.5 Å². The average Bonchev–Trinajstić information content (AvgIpc) is 2.62. The number of carbonyl (C=O) groups is 1. The standard InChI is InChI=1S/C19H22F2N2O3/c1-23(9-8-13-4-7-17(25-2)18(10-13)26-3)12-19(24)22-16-11-14(20)5-6-15(16)21/h4-7,10-11H,8-9,12H2,1-3H3,(H,22,24). The van der Waals surface area contributed by atoms with Gasteiger partial charge in [0.2, 0.25) is 5.91 Å². The lowest BCUT2D eigenvalue weighted by molar-refractivity contribution is -0.117. The van der Waals surface area contributed by atoms with Crippen LogP contribution in [0.4, 0.5) is 14.5 Å². The van der Waals surface area contributed by atoms with E-state index in [-0.39, 0.29) is 12.2 Å². The van der Waals surface area contributed by atoms with Crippen LogP contribution in [-0.4, -0.2) is 45.2 Å². The number of hydrogen-bond donors (Lipinski definition) is 1. The molecule has 2 aromatic rings. The minimum Gasteiger partial charge on any atom is -0.493 e. The van der Waals surface area contributed by atoms with Crippen LogP contribution in [0.2, 0.25) is 0 Å². The molecule has 2 rings (SSSR count). The van der Waals surface area contributed by atoms with Gasteiger partial charge < -0.3 is 14.8 Å². The van der Waals surface area contributed by atoms with E-state index in [1.54, 1.807) is 26.2 Å². The number of nitrogens with one attached hydrogen (secondary N) is 1. The van der Waals surface area contributed by atoms with Crippen molar-refractivity contribution in [1.29, 1.82) is 0 Å². The van der Waals surface area contributed by atoms with Gasteiger partial charge >= 0.3 is 0 Å². The van der Waals surface area contributed by atoms with E-state index >= 15 is 0 Å². The Hall–Kier alpha value is -2.67. The van der Waals surface area contributed by atoms with Crippen LogP contribution in [0.5, 0.6) is 11.5 Å². The van der Waals surface area contributed by atoms with E-state index in [0.29, 0.717) is 24.5 Å². The van der Waals surface area contributed by atoms with Crippen LogP contribution in [0.3, 0.4) is 0 Å². The predicted molar refractivity (Wildman–Crippen MR) is 95.7 cm³/mol. The molecule has 0 aliphatic rings. The van der Waals surface area contributed by atoms with Crippen molar-refractivity contribution in [2.45, 2.75) is 6.42 Å². The number of benzene rings is 2. The molecule has 0 aliphatic carbocycles. The first-order valence-electron chi connectivity index (χ1n) is 8.07. The van der Waals surface area contributed by atoms with Crippen molar-refractivity contribution in [3.05, 3.63) is 53.6 Å². The quantitative estimate of drug-likeness (QED) is 0.782. The van der Waals surface area contributed by atoms with Gasteiger partial charge in [0.1, 0.15) is 11.6 Å². The van der Waals surface area contributed by atoms with Gasteiger partial charge in [-0.2, -0.15) is 0 Å². The summed E-state index contributed by atoms with van der Waals surface area (Å²) in [7, 11) is 4.93. The Morgan fingerprint density at radius 1 is 1.08 bits per heavy atom. The zero-order valence-electron chi connectivity index (χ0n) is 15.0. The van der Waals surface area contributed by atoms with Gasteiger partial charge in [-0.15, -0.1) is 0 Å². The average molecular weight is 364 g/mol. The Morgan fingerprint density at radius 3 is 2.50 bits per heavy atom.